The zero-order valence-corrected chi connectivity index (χ0v) is 18.7. The van der Waals surface area contributed by atoms with Gasteiger partial charge in [-0.25, -0.2) is 0 Å². The standard InChI is InChI=1S/C28H39NO/c1-3-5-6-7-8-15-20-26-22-29(21-24-16-11-9-12-17-24)27(4-2)28(26)30-23-25-18-13-10-14-19-25/h4,9-14,16-19,26-28H,2-3,5-8,15,20-23H2,1H3/t26-,27-,28+/m0/s1. The number of benzene rings is 2. The van der Waals surface area contributed by atoms with Crippen molar-refractivity contribution in [1.82, 2.24) is 4.90 Å². The van der Waals surface area contributed by atoms with E-state index in [0.29, 0.717) is 12.5 Å². The fraction of sp³-hybridized carbons (Fsp3) is 0.500. The highest BCUT2D eigenvalue weighted by molar-refractivity contribution is 5.17. The minimum absolute atomic E-state index is 0.224. The van der Waals surface area contributed by atoms with Crippen LogP contribution in [0.4, 0.5) is 0 Å². The number of hydrogen-bond acceptors (Lipinski definition) is 2. The summed E-state index contributed by atoms with van der Waals surface area (Å²) in [6.45, 7) is 9.21. The molecule has 3 rings (SSSR count). The molecule has 3 atom stereocenters. The van der Waals surface area contributed by atoms with Crippen LogP contribution in [0, 0.1) is 5.92 Å². The zero-order chi connectivity index (χ0) is 21.0. The molecule has 2 aromatic carbocycles. The van der Waals surface area contributed by atoms with Crippen LogP contribution in [-0.2, 0) is 17.9 Å². The van der Waals surface area contributed by atoms with Gasteiger partial charge in [0.2, 0.25) is 0 Å². The maximum Gasteiger partial charge on any atom is 0.0810 e. The van der Waals surface area contributed by atoms with Crippen LogP contribution < -0.4 is 0 Å². The Labute approximate surface area is 184 Å². The van der Waals surface area contributed by atoms with Gasteiger partial charge >= 0.3 is 0 Å². The van der Waals surface area contributed by atoms with Crippen molar-refractivity contribution in [2.45, 2.75) is 77.2 Å². The van der Waals surface area contributed by atoms with Gasteiger partial charge in [0.15, 0.2) is 0 Å². The first kappa shape index (κ1) is 22.8. The molecule has 1 heterocycles. The Morgan fingerprint density at radius 3 is 2.20 bits per heavy atom. The lowest BCUT2D eigenvalue weighted by molar-refractivity contribution is 0.00397. The molecular weight excluding hydrogens is 366 g/mol. The molecule has 0 spiro atoms. The third-order valence-corrected chi connectivity index (χ3v) is 6.38. The minimum atomic E-state index is 0.224. The number of likely N-dealkylation sites (tertiary alicyclic amines) is 1. The van der Waals surface area contributed by atoms with Gasteiger partial charge in [0.05, 0.1) is 18.8 Å². The largest absolute Gasteiger partial charge is 0.371 e. The summed E-state index contributed by atoms with van der Waals surface area (Å²) < 4.78 is 6.56. The summed E-state index contributed by atoms with van der Waals surface area (Å²) >= 11 is 0. The van der Waals surface area contributed by atoms with Crippen molar-refractivity contribution in [3.63, 3.8) is 0 Å². The van der Waals surface area contributed by atoms with Crippen LogP contribution in [0.1, 0.15) is 63.0 Å². The van der Waals surface area contributed by atoms with Crippen LogP contribution in [0.25, 0.3) is 0 Å². The van der Waals surface area contributed by atoms with Crippen LogP contribution in [0.2, 0.25) is 0 Å². The monoisotopic (exact) mass is 405 g/mol. The Kier molecular flexibility index (Phi) is 9.66. The Hall–Kier alpha value is -1.90. The normalized spacial score (nSPS) is 21.7. The summed E-state index contributed by atoms with van der Waals surface area (Å²) in [5.74, 6) is 0.576. The van der Waals surface area contributed by atoms with Crippen molar-refractivity contribution in [2.75, 3.05) is 6.54 Å². The molecule has 2 nitrogen and oxygen atoms in total. The number of rotatable bonds is 13. The maximum atomic E-state index is 6.56. The molecule has 162 valence electrons. The average molecular weight is 406 g/mol. The molecule has 30 heavy (non-hydrogen) atoms. The molecule has 0 aliphatic carbocycles. The third kappa shape index (κ3) is 6.82. The molecule has 2 heteroatoms. The van der Waals surface area contributed by atoms with E-state index in [-0.39, 0.29) is 12.1 Å². The summed E-state index contributed by atoms with van der Waals surface area (Å²) in [5, 5.41) is 0. The van der Waals surface area contributed by atoms with Gasteiger partial charge in [-0.2, -0.15) is 0 Å². The van der Waals surface area contributed by atoms with Gasteiger partial charge in [-0.05, 0) is 23.5 Å². The molecule has 0 N–H and O–H groups in total. The zero-order valence-electron chi connectivity index (χ0n) is 18.7. The van der Waals surface area contributed by atoms with E-state index < -0.39 is 0 Å². The molecule has 0 unspecified atom stereocenters. The first-order chi connectivity index (χ1) is 14.8. The first-order valence-corrected chi connectivity index (χ1v) is 11.9. The van der Waals surface area contributed by atoms with Crippen molar-refractivity contribution in [3.05, 3.63) is 84.4 Å². The number of ether oxygens (including phenoxy) is 1. The summed E-state index contributed by atoms with van der Waals surface area (Å²) in [6, 6.07) is 21.6. The highest BCUT2D eigenvalue weighted by Gasteiger charge is 2.40. The quantitative estimate of drug-likeness (QED) is 0.262. The average Bonchev–Trinajstić information content (AvgIpc) is 3.12. The molecule has 1 saturated heterocycles. The molecule has 0 aromatic heterocycles. The Morgan fingerprint density at radius 1 is 0.900 bits per heavy atom. The van der Waals surface area contributed by atoms with Crippen molar-refractivity contribution >= 4 is 0 Å². The molecule has 0 bridgehead atoms. The Bertz CT molecular complexity index is 714. The van der Waals surface area contributed by atoms with Crippen LogP contribution in [-0.4, -0.2) is 23.6 Å². The van der Waals surface area contributed by atoms with Crippen LogP contribution >= 0.6 is 0 Å². The topological polar surface area (TPSA) is 12.5 Å². The van der Waals surface area contributed by atoms with E-state index in [1.807, 2.05) is 0 Å². The van der Waals surface area contributed by atoms with E-state index >= 15 is 0 Å². The van der Waals surface area contributed by atoms with E-state index in [2.05, 4.69) is 85.1 Å². The molecule has 0 radical (unpaired) electrons. The van der Waals surface area contributed by atoms with Gasteiger partial charge in [0, 0.05) is 13.1 Å². The van der Waals surface area contributed by atoms with Crippen molar-refractivity contribution in [1.29, 1.82) is 0 Å². The van der Waals surface area contributed by atoms with Crippen LogP contribution in [0.5, 0.6) is 0 Å². The van der Waals surface area contributed by atoms with Gasteiger partial charge in [0.25, 0.3) is 0 Å². The second-order valence-corrected chi connectivity index (χ2v) is 8.72. The predicted molar refractivity (Wildman–Crippen MR) is 127 cm³/mol. The molecule has 1 fully saturated rings. The van der Waals surface area contributed by atoms with E-state index in [1.54, 1.807) is 0 Å². The van der Waals surface area contributed by atoms with Gasteiger partial charge in [-0.1, -0.05) is 112 Å². The lowest BCUT2D eigenvalue weighted by atomic mass is 9.94. The summed E-state index contributed by atoms with van der Waals surface area (Å²) in [6.07, 6.45) is 11.7. The number of hydrogen-bond donors (Lipinski definition) is 0. The van der Waals surface area contributed by atoms with Crippen molar-refractivity contribution in [3.8, 4) is 0 Å². The van der Waals surface area contributed by atoms with E-state index in [0.717, 1.165) is 13.1 Å². The molecule has 0 saturated carbocycles. The fourth-order valence-corrected chi connectivity index (χ4v) is 4.73. The first-order valence-electron chi connectivity index (χ1n) is 11.9. The molecule has 1 aliphatic heterocycles. The van der Waals surface area contributed by atoms with E-state index in [9.17, 15) is 0 Å². The fourth-order valence-electron chi connectivity index (χ4n) is 4.73. The van der Waals surface area contributed by atoms with Crippen LogP contribution in [0.15, 0.2) is 73.3 Å². The summed E-state index contributed by atoms with van der Waals surface area (Å²) in [4.78, 5) is 2.57. The smallest absolute Gasteiger partial charge is 0.0810 e. The summed E-state index contributed by atoms with van der Waals surface area (Å²) in [7, 11) is 0. The molecule has 2 aromatic rings. The highest BCUT2D eigenvalue weighted by Crippen LogP contribution is 2.33. The molecule has 0 amide bonds. The van der Waals surface area contributed by atoms with Gasteiger partial charge in [0.1, 0.15) is 0 Å². The van der Waals surface area contributed by atoms with Crippen LogP contribution in [0.3, 0.4) is 0 Å². The SMILES string of the molecule is C=C[C@H]1[C@H](OCc2ccccc2)[C@@H](CCCCCCCC)CN1Cc1ccccc1. The number of nitrogens with zero attached hydrogens (tertiary/aromatic N) is 1. The van der Waals surface area contributed by atoms with Gasteiger partial charge < -0.3 is 4.74 Å². The predicted octanol–water partition coefficient (Wildman–Crippen LogP) is 7.01. The van der Waals surface area contributed by atoms with Crippen molar-refractivity contribution < 1.29 is 4.74 Å². The number of unbranched alkanes of at least 4 members (excludes halogenated alkanes) is 5. The Balaban J connectivity index is 1.62. The van der Waals surface area contributed by atoms with Gasteiger partial charge in [-0.15, -0.1) is 6.58 Å². The molecular formula is C28H39NO. The highest BCUT2D eigenvalue weighted by atomic mass is 16.5. The van der Waals surface area contributed by atoms with E-state index in [4.69, 9.17) is 4.74 Å². The molecule has 1 aliphatic rings. The van der Waals surface area contributed by atoms with Crippen molar-refractivity contribution in [2.24, 2.45) is 5.92 Å². The second kappa shape index (κ2) is 12.7. The Morgan fingerprint density at radius 2 is 1.53 bits per heavy atom. The summed E-state index contributed by atoms with van der Waals surface area (Å²) in [5.41, 5.74) is 2.62. The second-order valence-electron chi connectivity index (χ2n) is 8.72. The lowest BCUT2D eigenvalue weighted by Crippen LogP contribution is -2.35. The van der Waals surface area contributed by atoms with Gasteiger partial charge in [-0.3, -0.25) is 4.90 Å². The van der Waals surface area contributed by atoms with E-state index in [1.165, 1.54) is 56.1 Å². The minimum Gasteiger partial charge on any atom is -0.371 e. The third-order valence-electron chi connectivity index (χ3n) is 6.38. The maximum absolute atomic E-state index is 6.56. The lowest BCUT2D eigenvalue weighted by Gasteiger charge is -2.26.